The van der Waals surface area contributed by atoms with Crippen LogP contribution in [0, 0.1) is 10.1 Å². The van der Waals surface area contributed by atoms with Crippen LogP contribution in [0.2, 0.25) is 0 Å². The Morgan fingerprint density at radius 2 is 1.95 bits per heavy atom. The third-order valence-corrected chi connectivity index (χ3v) is 3.25. The number of anilines is 2. The normalized spacial score (nSPS) is 10.2. The summed E-state index contributed by atoms with van der Waals surface area (Å²) in [6.45, 7) is 2.06. The molecule has 0 amide bonds. The molecule has 0 radical (unpaired) electrons. The SMILES string of the molecule is CCCc1ccccc1Nc1ccc([N+](=O)[O-])cc1C(=O)O. The first-order valence-corrected chi connectivity index (χ1v) is 6.89. The van der Waals surface area contributed by atoms with E-state index in [-0.39, 0.29) is 11.3 Å². The van der Waals surface area contributed by atoms with Crippen molar-refractivity contribution >= 4 is 23.0 Å². The zero-order chi connectivity index (χ0) is 16.1. The summed E-state index contributed by atoms with van der Waals surface area (Å²) >= 11 is 0. The molecule has 0 bridgehead atoms. The van der Waals surface area contributed by atoms with E-state index in [9.17, 15) is 20.0 Å². The van der Waals surface area contributed by atoms with Crippen LogP contribution >= 0.6 is 0 Å². The van der Waals surface area contributed by atoms with Crippen molar-refractivity contribution in [2.75, 3.05) is 5.32 Å². The monoisotopic (exact) mass is 300 g/mol. The minimum absolute atomic E-state index is 0.125. The zero-order valence-electron chi connectivity index (χ0n) is 12.1. The molecule has 2 aromatic carbocycles. The molecule has 22 heavy (non-hydrogen) atoms. The van der Waals surface area contributed by atoms with Crippen molar-refractivity contribution in [3.63, 3.8) is 0 Å². The van der Waals surface area contributed by atoms with Gasteiger partial charge in [0.2, 0.25) is 0 Å². The molecule has 0 aromatic heterocycles. The summed E-state index contributed by atoms with van der Waals surface area (Å²) in [6.07, 6.45) is 1.82. The molecule has 114 valence electrons. The summed E-state index contributed by atoms with van der Waals surface area (Å²) in [5, 5.41) is 23.1. The van der Waals surface area contributed by atoms with Crippen LogP contribution < -0.4 is 5.32 Å². The standard InChI is InChI=1S/C16H16N2O4/c1-2-5-11-6-3-4-7-14(11)17-15-9-8-12(18(21)22)10-13(15)16(19)20/h3-4,6-10,17H,2,5H2,1H3,(H,19,20). The summed E-state index contributed by atoms with van der Waals surface area (Å²) in [4.78, 5) is 21.5. The number of aromatic carboxylic acids is 1. The van der Waals surface area contributed by atoms with Crippen LogP contribution in [-0.2, 0) is 6.42 Å². The molecule has 6 nitrogen and oxygen atoms in total. The number of nitro groups is 1. The van der Waals surface area contributed by atoms with E-state index in [2.05, 4.69) is 12.2 Å². The van der Waals surface area contributed by atoms with Gasteiger partial charge in [0.05, 0.1) is 16.2 Å². The maximum atomic E-state index is 11.3. The largest absolute Gasteiger partial charge is 0.478 e. The van der Waals surface area contributed by atoms with Crippen LogP contribution in [0.25, 0.3) is 0 Å². The lowest BCUT2D eigenvalue weighted by molar-refractivity contribution is -0.384. The number of carbonyl (C=O) groups is 1. The average Bonchev–Trinajstić information content (AvgIpc) is 2.49. The summed E-state index contributed by atoms with van der Waals surface area (Å²) in [7, 11) is 0. The van der Waals surface area contributed by atoms with Crippen LogP contribution in [0.3, 0.4) is 0 Å². The summed E-state index contributed by atoms with van der Waals surface area (Å²) in [5.74, 6) is -1.21. The number of nitrogens with zero attached hydrogens (tertiary/aromatic N) is 1. The van der Waals surface area contributed by atoms with E-state index < -0.39 is 10.9 Å². The van der Waals surface area contributed by atoms with Gasteiger partial charge in [0, 0.05) is 17.8 Å². The lowest BCUT2D eigenvalue weighted by atomic mass is 10.1. The Balaban J connectivity index is 2.41. The molecule has 0 fully saturated rings. The number of nitro benzene ring substituents is 1. The number of benzene rings is 2. The van der Waals surface area contributed by atoms with E-state index in [1.54, 1.807) is 0 Å². The van der Waals surface area contributed by atoms with Crippen LogP contribution in [-0.4, -0.2) is 16.0 Å². The Morgan fingerprint density at radius 1 is 1.23 bits per heavy atom. The predicted molar refractivity (Wildman–Crippen MR) is 83.8 cm³/mol. The van der Waals surface area contributed by atoms with Gasteiger partial charge in [0.25, 0.3) is 5.69 Å². The van der Waals surface area contributed by atoms with Crippen LogP contribution in [0.1, 0.15) is 29.3 Å². The molecule has 0 saturated carbocycles. The summed E-state index contributed by atoms with van der Waals surface area (Å²) in [6, 6.07) is 11.4. The number of carboxylic acid groups (broad SMARTS) is 1. The highest BCUT2D eigenvalue weighted by Gasteiger charge is 2.16. The second kappa shape index (κ2) is 6.71. The van der Waals surface area contributed by atoms with Gasteiger partial charge in [-0.25, -0.2) is 4.79 Å². The van der Waals surface area contributed by atoms with Gasteiger partial charge in [0.15, 0.2) is 0 Å². The fraction of sp³-hybridized carbons (Fsp3) is 0.188. The quantitative estimate of drug-likeness (QED) is 0.621. The number of carboxylic acids is 1. The van der Waals surface area contributed by atoms with Gasteiger partial charge in [-0.1, -0.05) is 31.5 Å². The lowest BCUT2D eigenvalue weighted by Crippen LogP contribution is -2.05. The average molecular weight is 300 g/mol. The number of hydrogen-bond acceptors (Lipinski definition) is 4. The van der Waals surface area contributed by atoms with Crippen molar-refractivity contribution in [3.05, 3.63) is 63.7 Å². The minimum Gasteiger partial charge on any atom is -0.478 e. The van der Waals surface area contributed by atoms with Crippen molar-refractivity contribution < 1.29 is 14.8 Å². The third kappa shape index (κ3) is 3.41. The number of rotatable bonds is 6. The summed E-state index contributed by atoms with van der Waals surface area (Å²) in [5.41, 5.74) is 1.84. The Morgan fingerprint density at radius 3 is 2.59 bits per heavy atom. The van der Waals surface area contributed by atoms with E-state index in [1.807, 2.05) is 24.3 Å². The fourth-order valence-corrected chi connectivity index (χ4v) is 2.21. The fourth-order valence-electron chi connectivity index (χ4n) is 2.21. The number of para-hydroxylation sites is 1. The Labute approximate surface area is 127 Å². The highest BCUT2D eigenvalue weighted by Crippen LogP contribution is 2.27. The Hall–Kier alpha value is -2.89. The molecule has 0 unspecified atom stereocenters. The van der Waals surface area contributed by atoms with Gasteiger partial charge < -0.3 is 10.4 Å². The van der Waals surface area contributed by atoms with Crippen molar-refractivity contribution in [2.45, 2.75) is 19.8 Å². The second-order valence-electron chi connectivity index (χ2n) is 4.82. The molecule has 0 aliphatic heterocycles. The molecule has 2 rings (SSSR count). The summed E-state index contributed by atoms with van der Waals surface area (Å²) < 4.78 is 0. The highest BCUT2D eigenvalue weighted by atomic mass is 16.6. The molecule has 6 heteroatoms. The zero-order valence-corrected chi connectivity index (χ0v) is 12.1. The van der Waals surface area contributed by atoms with Crippen molar-refractivity contribution in [1.29, 1.82) is 0 Å². The van der Waals surface area contributed by atoms with E-state index in [1.165, 1.54) is 12.1 Å². The molecule has 0 spiro atoms. The van der Waals surface area contributed by atoms with Crippen molar-refractivity contribution in [2.24, 2.45) is 0 Å². The van der Waals surface area contributed by atoms with Crippen molar-refractivity contribution in [3.8, 4) is 0 Å². The molecule has 0 atom stereocenters. The first kappa shape index (κ1) is 15.5. The molecule has 2 aromatic rings. The maximum absolute atomic E-state index is 11.3. The number of hydrogen-bond donors (Lipinski definition) is 2. The smallest absolute Gasteiger partial charge is 0.338 e. The van der Waals surface area contributed by atoms with Crippen LogP contribution in [0.5, 0.6) is 0 Å². The molecular weight excluding hydrogens is 284 g/mol. The van der Waals surface area contributed by atoms with Gasteiger partial charge >= 0.3 is 5.97 Å². The molecule has 0 heterocycles. The first-order valence-electron chi connectivity index (χ1n) is 6.89. The van der Waals surface area contributed by atoms with Gasteiger partial charge in [-0.15, -0.1) is 0 Å². The van der Waals surface area contributed by atoms with E-state index >= 15 is 0 Å². The van der Waals surface area contributed by atoms with Gasteiger partial charge in [0.1, 0.15) is 0 Å². The van der Waals surface area contributed by atoms with E-state index in [0.717, 1.165) is 30.2 Å². The third-order valence-electron chi connectivity index (χ3n) is 3.25. The molecular formula is C16H16N2O4. The number of non-ortho nitro benzene ring substituents is 1. The molecule has 0 saturated heterocycles. The number of nitrogens with one attached hydrogen (secondary N) is 1. The Kier molecular flexibility index (Phi) is 4.73. The highest BCUT2D eigenvalue weighted by molar-refractivity contribution is 5.96. The molecule has 2 N–H and O–H groups in total. The van der Waals surface area contributed by atoms with Gasteiger partial charge in [-0.3, -0.25) is 10.1 Å². The van der Waals surface area contributed by atoms with E-state index in [4.69, 9.17) is 0 Å². The van der Waals surface area contributed by atoms with Gasteiger partial charge in [-0.05, 0) is 24.1 Å². The van der Waals surface area contributed by atoms with E-state index in [0.29, 0.717) is 5.69 Å². The van der Waals surface area contributed by atoms with Crippen LogP contribution in [0.4, 0.5) is 17.1 Å². The topological polar surface area (TPSA) is 92.5 Å². The molecule has 0 aliphatic rings. The van der Waals surface area contributed by atoms with Gasteiger partial charge in [-0.2, -0.15) is 0 Å². The van der Waals surface area contributed by atoms with Crippen LogP contribution in [0.15, 0.2) is 42.5 Å². The predicted octanol–water partition coefficient (Wildman–Crippen LogP) is 3.99. The number of aryl methyl sites for hydroxylation is 1. The molecule has 0 aliphatic carbocycles. The van der Waals surface area contributed by atoms with Crippen molar-refractivity contribution in [1.82, 2.24) is 0 Å². The Bertz CT molecular complexity index is 713. The minimum atomic E-state index is -1.21. The maximum Gasteiger partial charge on any atom is 0.338 e. The first-order chi connectivity index (χ1) is 10.5. The lowest BCUT2D eigenvalue weighted by Gasteiger charge is -2.13. The second-order valence-corrected chi connectivity index (χ2v) is 4.82.